The fraction of sp³-hybridized carbons (Fsp3) is 0.200. The van der Waals surface area contributed by atoms with Crippen LogP contribution in [-0.2, 0) is 10.8 Å². The maximum Gasteiger partial charge on any atom is 0.216 e. The highest BCUT2D eigenvalue weighted by atomic mass is 14.5. The first-order chi connectivity index (χ1) is 22.6. The molecule has 1 aliphatic heterocycles. The van der Waals surface area contributed by atoms with Gasteiger partial charge in [0.2, 0.25) is 6.71 Å². The molecule has 1 spiro atoms. The summed E-state index contributed by atoms with van der Waals surface area (Å²) < 4.78 is 0. The molecule has 0 aromatic heterocycles. The Morgan fingerprint density at radius 2 is 0.957 bits per heavy atom. The molecular formula is C45H37B. The molecule has 0 amide bonds. The number of benzene rings is 6. The van der Waals surface area contributed by atoms with E-state index in [-0.39, 0.29) is 16.1 Å². The summed E-state index contributed by atoms with van der Waals surface area (Å²) in [6.07, 6.45) is 5.19. The summed E-state index contributed by atoms with van der Waals surface area (Å²) in [6.45, 7) is 5.61. The predicted octanol–water partition coefficient (Wildman–Crippen LogP) is 9.91. The van der Waals surface area contributed by atoms with E-state index >= 15 is 0 Å². The molecule has 46 heavy (non-hydrogen) atoms. The highest BCUT2D eigenvalue weighted by Gasteiger charge is 2.60. The highest BCUT2D eigenvalue weighted by Crippen LogP contribution is 2.64. The zero-order valence-corrected chi connectivity index (χ0v) is 26.7. The van der Waals surface area contributed by atoms with Crippen LogP contribution >= 0.6 is 0 Å². The summed E-state index contributed by atoms with van der Waals surface area (Å²) in [5, 5.41) is 0.217. The third kappa shape index (κ3) is 3.12. The average molecular weight is 589 g/mol. The lowest BCUT2D eigenvalue weighted by atomic mass is 9.26. The van der Waals surface area contributed by atoms with Gasteiger partial charge in [0.05, 0.1) is 5.41 Å². The summed E-state index contributed by atoms with van der Waals surface area (Å²) in [4.78, 5) is 0. The quantitative estimate of drug-likeness (QED) is 0.176. The van der Waals surface area contributed by atoms with Crippen LogP contribution in [0.1, 0.15) is 67.3 Å². The lowest BCUT2D eigenvalue weighted by molar-refractivity contribution is 0.243. The maximum atomic E-state index is 2.59. The Morgan fingerprint density at radius 1 is 0.457 bits per heavy atom. The van der Waals surface area contributed by atoms with Gasteiger partial charge in [-0.15, -0.1) is 0 Å². The van der Waals surface area contributed by atoms with E-state index < -0.39 is 0 Å². The maximum absolute atomic E-state index is 2.59. The standard InChI is InChI=1S/C45H37B/c1-43-26-12-13-27-44(43,2)46(32-14-4-3-5-15-32)42-25-23-31(29-41(42)43)30-22-24-36-35-18-8-11-21-39(35)45(40(36)28-30)37-19-9-6-16-33(37)34-17-7-10-20-38(34)45/h3-11,14-25,28-29H,12-13,26-27H2,1-2H3. The lowest BCUT2D eigenvalue weighted by Gasteiger charge is -2.48. The second-order valence-electron chi connectivity index (χ2n) is 14.7. The summed E-state index contributed by atoms with van der Waals surface area (Å²) in [5.74, 6) is 0. The molecule has 1 fully saturated rings. The normalized spacial score (nSPS) is 22.5. The zero-order chi connectivity index (χ0) is 30.7. The largest absolute Gasteiger partial charge is 0.216 e. The van der Waals surface area contributed by atoms with Crippen LogP contribution in [0.4, 0.5) is 0 Å². The van der Waals surface area contributed by atoms with E-state index in [4.69, 9.17) is 0 Å². The summed E-state index contributed by atoms with van der Waals surface area (Å²) >= 11 is 0. The van der Waals surface area contributed by atoms with Crippen LogP contribution in [0.15, 0.2) is 140 Å². The first-order valence-electron chi connectivity index (χ1n) is 17.2. The Labute approximate surface area is 273 Å². The van der Waals surface area contributed by atoms with Crippen molar-refractivity contribution in [3.8, 4) is 33.4 Å². The molecule has 2 atom stereocenters. The third-order valence-electron chi connectivity index (χ3n) is 12.9. The van der Waals surface area contributed by atoms with Crippen molar-refractivity contribution in [3.63, 3.8) is 0 Å². The van der Waals surface area contributed by atoms with Gasteiger partial charge in [-0.05, 0) is 84.4 Å². The van der Waals surface area contributed by atoms with E-state index in [1.807, 2.05) is 0 Å². The van der Waals surface area contributed by atoms with Crippen LogP contribution in [0.25, 0.3) is 33.4 Å². The van der Waals surface area contributed by atoms with Crippen LogP contribution in [0.2, 0.25) is 5.31 Å². The van der Waals surface area contributed by atoms with E-state index in [1.165, 1.54) is 86.8 Å². The average Bonchev–Trinajstić information content (AvgIpc) is 3.65. The van der Waals surface area contributed by atoms with Gasteiger partial charge in [0.15, 0.2) is 0 Å². The van der Waals surface area contributed by atoms with Crippen molar-refractivity contribution >= 4 is 17.6 Å². The van der Waals surface area contributed by atoms with Crippen molar-refractivity contribution in [1.82, 2.24) is 0 Å². The van der Waals surface area contributed by atoms with Gasteiger partial charge in [0, 0.05) is 0 Å². The molecule has 2 unspecified atom stereocenters. The molecule has 0 nitrogen and oxygen atoms in total. The van der Waals surface area contributed by atoms with Gasteiger partial charge in [-0.1, -0.05) is 177 Å². The molecule has 6 aromatic carbocycles. The molecule has 0 bridgehead atoms. The van der Waals surface area contributed by atoms with Crippen molar-refractivity contribution in [3.05, 3.63) is 167 Å². The summed E-state index contributed by atoms with van der Waals surface area (Å²) in [5.41, 5.74) is 18.2. The van der Waals surface area contributed by atoms with Gasteiger partial charge in [-0.25, -0.2) is 0 Å². The molecule has 0 N–H and O–H groups in total. The Kier molecular flexibility index (Phi) is 5.33. The minimum absolute atomic E-state index is 0.161. The fourth-order valence-electron chi connectivity index (χ4n) is 10.7. The van der Waals surface area contributed by atoms with Crippen molar-refractivity contribution in [2.45, 2.75) is 55.7 Å². The first-order valence-corrected chi connectivity index (χ1v) is 17.2. The van der Waals surface area contributed by atoms with E-state index in [0.717, 1.165) is 0 Å². The molecule has 1 heteroatoms. The Hall–Kier alpha value is -4.62. The Morgan fingerprint density at radius 3 is 1.59 bits per heavy atom. The Bertz CT molecular complexity index is 2150. The second-order valence-corrected chi connectivity index (χ2v) is 14.7. The number of hydrogen-bond acceptors (Lipinski definition) is 0. The number of fused-ring (bicyclic) bond motifs is 13. The van der Waals surface area contributed by atoms with E-state index in [1.54, 1.807) is 11.0 Å². The number of hydrogen-bond donors (Lipinski definition) is 0. The van der Waals surface area contributed by atoms with E-state index in [9.17, 15) is 0 Å². The van der Waals surface area contributed by atoms with Crippen molar-refractivity contribution < 1.29 is 0 Å². The van der Waals surface area contributed by atoms with Gasteiger partial charge in [0.1, 0.15) is 0 Å². The predicted molar refractivity (Wildman–Crippen MR) is 194 cm³/mol. The van der Waals surface area contributed by atoms with E-state index in [0.29, 0.717) is 6.71 Å². The molecule has 10 rings (SSSR count). The molecule has 220 valence electrons. The highest BCUT2D eigenvalue weighted by molar-refractivity contribution is 6.89. The van der Waals surface area contributed by atoms with Crippen LogP contribution in [0.3, 0.4) is 0 Å². The summed E-state index contributed by atoms with van der Waals surface area (Å²) in [6, 6.07) is 53.5. The monoisotopic (exact) mass is 588 g/mol. The zero-order valence-electron chi connectivity index (χ0n) is 26.7. The smallest absolute Gasteiger partial charge is 0.0735 e. The third-order valence-corrected chi connectivity index (χ3v) is 12.9. The van der Waals surface area contributed by atoms with Gasteiger partial charge in [-0.2, -0.15) is 0 Å². The molecule has 1 heterocycles. The van der Waals surface area contributed by atoms with Crippen LogP contribution in [0, 0.1) is 0 Å². The molecule has 6 aromatic rings. The molecular weight excluding hydrogens is 551 g/mol. The minimum atomic E-state index is -0.307. The van der Waals surface area contributed by atoms with Gasteiger partial charge in [0.25, 0.3) is 0 Å². The molecule has 1 saturated carbocycles. The molecule has 0 radical (unpaired) electrons. The van der Waals surface area contributed by atoms with Gasteiger partial charge < -0.3 is 0 Å². The second kappa shape index (κ2) is 9.23. The molecule has 4 aliphatic rings. The van der Waals surface area contributed by atoms with Crippen LogP contribution in [-0.4, -0.2) is 6.71 Å². The minimum Gasteiger partial charge on any atom is -0.0735 e. The Balaban J connectivity index is 1.20. The topological polar surface area (TPSA) is 0 Å². The van der Waals surface area contributed by atoms with Crippen LogP contribution < -0.4 is 10.9 Å². The summed E-state index contributed by atoms with van der Waals surface area (Å²) in [7, 11) is 0. The van der Waals surface area contributed by atoms with Crippen LogP contribution in [0.5, 0.6) is 0 Å². The SMILES string of the molecule is CC12CCCCC1(C)c1cc(-c3ccc4c(c3)C3(c5ccccc5-c5ccccc53)c3ccccc3-4)ccc1B2c1ccccc1. The van der Waals surface area contributed by atoms with Gasteiger partial charge >= 0.3 is 0 Å². The van der Waals surface area contributed by atoms with Crippen molar-refractivity contribution in [2.24, 2.45) is 0 Å². The first kappa shape index (κ1) is 26.6. The van der Waals surface area contributed by atoms with Crippen molar-refractivity contribution in [2.75, 3.05) is 0 Å². The molecule has 3 aliphatic carbocycles. The van der Waals surface area contributed by atoms with E-state index in [2.05, 4.69) is 153 Å². The fourth-order valence-corrected chi connectivity index (χ4v) is 10.7. The molecule has 0 saturated heterocycles. The van der Waals surface area contributed by atoms with Gasteiger partial charge in [-0.3, -0.25) is 0 Å². The lowest BCUT2D eigenvalue weighted by Crippen LogP contribution is -2.51. The number of rotatable bonds is 2. The van der Waals surface area contributed by atoms with Crippen molar-refractivity contribution in [1.29, 1.82) is 0 Å².